The van der Waals surface area contributed by atoms with Crippen molar-refractivity contribution >= 4 is 22.5 Å². The number of pyridine rings is 1. The molecule has 2 heterocycles. The molecule has 0 bridgehead atoms. The highest BCUT2D eigenvalue weighted by Gasteiger charge is 2.25. The van der Waals surface area contributed by atoms with Gasteiger partial charge < -0.3 is 45.1 Å². The minimum atomic E-state index is -0.346. The summed E-state index contributed by atoms with van der Waals surface area (Å²) in [4.78, 5) is 30.1. The minimum absolute atomic E-state index is 0. The summed E-state index contributed by atoms with van der Waals surface area (Å²) in [6.07, 6.45) is 11.7. The van der Waals surface area contributed by atoms with E-state index in [1.54, 1.807) is 17.2 Å². The number of quaternary nitrogens is 1. The fourth-order valence-corrected chi connectivity index (χ4v) is 7.47. The zero-order valence-corrected chi connectivity index (χ0v) is 33.7. The van der Waals surface area contributed by atoms with Gasteiger partial charge in [0, 0.05) is 48.1 Å². The van der Waals surface area contributed by atoms with Crippen molar-refractivity contribution in [1.29, 1.82) is 0 Å². The number of ether oxygens (including phenoxy) is 3. The van der Waals surface area contributed by atoms with Crippen LogP contribution in [0.15, 0.2) is 65.6 Å². The molecule has 1 amide bonds. The van der Waals surface area contributed by atoms with Crippen LogP contribution in [-0.4, -0.2) is 68.0 Å². The number of nitrogens with zero attached hydrogens (tertiary/aromatic N) is 3. The van der Waals surface area contributed by atoms with Crippen molar-refractivity contribution < 1.29 is 40.5 Å². The van der Waals surface area contributed by atoms with Gasteiger partial charge in [-0.15, -0.1) is 0 Å². The Balaban J connectivity index is 0.00000605. The molecule has 0 unspecified atom stereocenters. The van der Waals surface area contributed by atoms with Crippen LogP contribution in [0.25, 0.3) is 16.6 Å². The number of carbonyl (C=O) groups excluding carboxylic acids is 1. The first-order valence-electron chi connectivity index (χ1n) is 19.1. The largest absolute Gasteiger partial charge is 1.00 e. The van der Waals surface area contributed by atoms with Crippen LogP contribution in [0.3, 0.4) is 0 Å². The maximum atomic E-state index is 14.3. The normalized spacial score (nSPS) is 13.7. The van der Waals surface area contributed by atoms with Crippen molar-refractivity contribution in [1.82, 2.24) is 4.57 Å². The third kappa shape index (κ3) is 10.4. The Morgan fingerprint density at radius 2 is 1.40 bits per heavy atom. The van der Waals surface area contributed by atoms with Crippen molar-refractivity contribution in [3.8, 4) is 22.9 Å². The van der Waals surface area contributed by atoms with Crippen LogP contribution < -0.4 is 41.5 Å². The van der Waals surface area contributed by atoms with Crippen LogP contribution in [0.4, 0.5) is 5.69 Å². The van der Waals surface area contributed by atoms with Crippen LogP contribution in [0.1, 0.15) is 93.6 Å². The Labute approximate surface area is 321 Å². The second-order valence-corrected chi connectivity index (χ2v) is 14.3. The summed E-state index contributed by atoms with van der Waals surface area (Å²) in [6.45, 7) is 15.8. The molecule has 5 rings (SSSR count). The van der Waals surface area contributed by atoms with E-state index in [1.165, 1.54) is 62.6 Å². The predicted octanol–water partition coefficient (Wildman–Crippen LogP) is 6.04. The molecule has 0 atom stereocenters. The number of halogens is 1. The van der Waals surface area contributed by atoms with Crippen molar-refractivity contribution in [3.05, 3.63) is 87.7 Å². The SMILES string of the molecule is CCOc1cc(OCC)cc(-n2cc(C(=O)N(CC)c3cc(C)cc(C)c3)c(=O)c3ccc(OCCCCCCC[N+]4(C)CCCCC4)cc32)c1.[Br-]. The third-order valence-corrected chi connectivity index (χ3v) is 10.1. The van der Waals surface area contributed by atoms with Crippen molar-refractivity contribution in [2.45, 2.75) is 86.0 Å². The van der Waals surface area contributed by atoms with Crippen molar-refractivity contribution in [2.75, 3.05) is 57.9 Å². The Morgan fingerprint density at radius 1 is 0.769 bits per heavy atom. The number of hydrogen-bond acceptors (Lipinski definition) is 5. The van der Waals surface area contributed by atoms with E-state index in [1.807, 2.05) is 81.7 Å². The number of likely N-dealkylation sites (tertiary alicyclic amines) is 1. The number of hydrogen-bond donors (Lipinski definition) is 0. The smallest absolute Gasteiger partial charge is 0.263 e. The van der Waals surface area contributed by atoms with Gasteiger partial charge in [-0.3, -0.25) is 9.59 Å². The molecule has 1 aromatic heterocycles. The number of carbonyl (C=O) groups is 1. The lowest BCUT2D eigenvalue weighted by Crippen LogP contribution is -3.00. The lowest BCUT2D eigenvalue weighted by molar-refractivity contribution is -0.914. The molecule has 0 spiro atoms. The summed E-state index contributed by atoms with van der Waals surface area (Å²) < 4.78 is 21.2. The monoisotopic (exact) mass is 775 g/mol. The Hall–Kier alpha value is -3.82. The molecule has 4 aromatic rings. The summed E-state index contributed by atoms with van der Waals surface area (Å²) in [5, 5.41) is 0.439. The molecule has 9 heteroatoms. The van der Waals surface area contributed by atoms with Gasteiger partial charge in [-0.25, -0.2) is 0 Å². The molecule has 8 nitrogen and oxygen atoms in total. The Bertz CT molecular complexity index is 1800. The molecule has 0 saturated carbocycles. The molecule has 1 fully saturated rings. The van der Waals surface area contributed by atoms with Gasteiger partial charge >= 0.3 is 0 Å². The fourth-order valence-electron chi connectivity index (χ4n) is 7.47. The molecule has 282 valence electrons. The molecule has 1 aliphatic rings. The van der Waals surface area contributed by atoms with Gasteiger partial charge in [0.2, 0.25) is 5.43 Å². The highest BCUT2D eigenvalue weighted by molar-refractivity contribution is 6.07. The minimum Gasteiger partial charge on any atom is -1.00 e. The number of piperidine rings is 1. The van der Waals surface area contributed by atoms with Crippen molar-refractivity contribution in [3.63, 3.8) is 0 Å². The second kappa shape index (κ2) is 19.3. The van der Waals surface area contributed by atoms with Crippen LogP contribution in [0.2, 0.25) is 0 Å². The van der Waals surface area contributed by atoms with E-state index in [2.05, 4.69) is 13.1 Å². The average molecular weight is 777 g/mol. The van der Waals surface area contributed by atoms with Gasteiger partial charge in [0.25, 0.3) is 5.91 Å². The molecule has 0 radical (unpaired) electrons. The van der Waals surface area contributed by atoms with E-state index in [0.717, 1.165) is 35.3 Å². The number of aromatic nitrogens is 1. The zero-order chi connectivity index (χ0) is 36.4. The summed E-state index contributed by atoms with van der Waals surface area (Å²) in [6, 6.07) is 17.2. The van der Waals surface area contributed by atoms with Crippen LogP contribution in [0, 0.1) is 13.8 Å². The number of amides is 1. The summed E-state index contributed by atoms with van der Waals surface area (Å²) in [5.41, 5.74) is 4.02. The number of benzene rings is 3. The third-order valence-electron chi connectivity index (χ3n) is 10.1. The summed E-state index contributed by atoms with van der Waals surface area (Å²) >= 11 is 0. The Kier molecular flexibility index (Phi) is 15.2. The number of anilines is 1. The molecular formula is C43H58BrN3O5. The van der Waals surface area contributed by atoms with Gasteiger partial charge in [-0.2, -0.15) is 0 Å². The molecule has 0 N–H and O–H groups in total. The van der Waals surface area contributed by atoms with E-state index in [-0.39, 0.29) is 33.9 Å². The molecule has 1 aliphatic heterocycles. The summed E-state index contributed by atoms with van der Waals surface area (Å²) in [5.74, 6) is 1.63. The van der Waals surface area contributed by atoms with E-state index >= 15 is 0 Å². The average Bonchev–Trinajstić information content (AvgIpc) is 3.10. The maximum absolute atomic E-state index is 14.3. The molecular weight excluding hydrogens is 718 g/mol. The lowest BCUT2D eigenvalue weighted by atomic mass is 10.1. The van der Waals surface area contributed by atoms with Crippen LogP contribution in [0.5, 0.6) is 17.2 Å². The van der Waals surface area contributed by atoms with E-state index in [4.69, 9.17) is 14.2 Å². The Morgan fingerprint density at radius 3 is 2.04 bits per heavy atom. The predicted molar refractivity (Wildman–Crippen MR) is 208 cm³/mol. The van der Waals surface area contributed by atoms with E-state index in [9.17, 15) is 9.59 Å². The fraction of sp³-hybridized carbons (Fsp3) is 0.488. The van der Waals surface area contributed by atoms with Crippen molar-refractivity contribution in [2.24, 2.45) is 0 Å². The highest BCUT2D eigenvalue weighted by Crippen LogP contribution is 2.30. The van der Waals surface area contributed by atoms with Gasteiger partial charge in [0.05, 0.1) is 57.7 Å². The van der Waals surface area contributed by atoms with Gasteiger partial charge in [0.15, 0.2) is 0 Å². The van der Waals surface area contributed by atoms with E-state index < -0.39 is 0 Å². The molecule has 52 heavy (non-hydrogen) atoms. The molecule has 1 saturated heterocycles. The quantitative estimate of drug-likeness (QED) is 0.0968. The van der Waals surface area contributed by atoms with E-state index in [0.29, 0.717) is 54.5 Å². The topological polar surface area (TPSA) is 70.0 Å². The number of unbranched alkanes of at least 4 members (excludes halogenated alkanes) is 4. The first-order chi connectivity index (χ1) is 24.6. The number of rotatable bonds is 17. The van der Waals surface area contributed by atoms with Crippen LogP contribution in [-0.2, 0) is 0 Å². The molecule has 3 aromatic carbocycles. The van der Waals surface area contributed by atoms with Gasteiger partial charge in [-0.05, 0) is 109 Å². The zero-order valence-electron chi connectivity index (χ0n) is 32.1. The maximum Gasteiger partial charge on any atom is 0.263 e. The van der Waals surface area contributed by atoms with Gasteiger partial charge in [0.1, 0.15) is 22.8 Å². The lowest BCUT2D eigenvalue weighted by Gasteiger charge is -2.37. The van der Waals surface area contributed by atoms with Crippen LogP contribution >= 0.6 is 0 Å². The summed E-state index contributed by atoms with van der Waals surface area (Å²) in [7, 11) is 2.43. The number of fused-ring (bicyclic) bond motifs is 1. The highest BCUT2D eigenvalue weighted by atomic mass is 79.9. The first-order valence-corrected chi connectivity index (χ1v) is 19.1. The molecule has 0 aliphatic carbocycles. The standard InChI is InChI=1S/C43H58N3O5.BrH/c1-7-44(34-25-32(4)24-33(5)26-34)43(48)40-31-45(35-27-37(49-8-2)29-38(28-35)50-9-3)41-30-36(18-19-39(41)42(40)47)51-23-17-12-10-11-14-20-46(6)21-15-13-16-22-46;/h18-19,24-31H,7-17,20-23H2,1-6H3;1H/q+1;/p-1. The number of aryl methyl sites for hydroxylation is 2. The first kappa shape index (κ1) is 40.9. The van der Waals surface area contributed by atoms with Gasteiger partial charge in [-0.1, -0.05) is 18.9 Å². The second-order valence-electron chi connectivity index (χ2n) is 14.3.